The standard InChI is InChI=1S/C30H47N5O4/c1-17(2)22(14-18(3)28(38)39)35(11)27(37)25(29(4,5)6)33-26(36)24(32-9)30(7,8)21-16-34(10)23-15-19(31)12-13-20(21)23/h12-17,22,24-25,32H,31H2,1-11H3,(H,33,36)(H,38,39)/b18-14+/t22-,24+,25-/m1/s1. The van der Waals surface area contributed by atoms with Crippen LogP contribution >= 0.6 is 0 Å². The van der Waals surface area contributed by atoms with Gasteiger partial charge in [-0.1, -0.05) is 60.6 Å². The summed E-state index contributed by atoms with van der Waals surface area (Å²) >= 11 is 0. The molecule has 39 heavy (non-hydrogen) atoms. The molecular formula is C30H47N5O4. The van der Waals surface area contributed by atoms with Crippen LogP contribution in [0.4, 0.5) is 5.69 Å². The monoisotopic (exact) mass is 541 g/mol. The lowest BCUT2D eigenvalue weighted by Crippen LogP contribution is -2.61. The molecule has 0 spiro atoms. The van der Waals surface area contributed by atoms with Crippen molar-refractivity contribution in [2.24, 2.45) is 18.4 Å². The van der Waals surface area contributed by atoms with Crippen molar-refractivity contribution < 1.29 is 19.5 Å². The van der Waals surface area contributed by atoms with Crippen molar-refractivity contribution in [1.29, 1.82) is 0 Å². The average Bonchev–Trinajstić information content (AvgIpc) is 3.15. The minimum absolute atomic E-state index is 0.0334. The van der Waals surface area contributed by atoms with Crippen molar-refractivity contribution in [3.05, 3.63) is 41.6 Å². The maximum Gasteiger partial charge on any atom is 0.331 e. The molecule has 0 fully saturated rings. The molecule has 3 atom stereocenters. The van der Waals surface area contributed by atoms with E-state index < -0.39 is 34.9 Å². The number of nitrogens with one attached hydrogen (secondary N) is 2. The van der Waals surface area contributed by atoms with Gasteiger partial charge in [0.15, 0.2) is 0 Å². The summed E-state index contributed by atoms with van der Waals surface area (Å²) in [5.74, 6) is -1.64. The number of carboxylic acid groups (broad SMARTS) is 1. The fraction of sp³-hybridized carbons (Fsp3) is 0.567. The first-order chi connectivity index (χ1) is 17.8. The van der Waals surface area contributed by atoms with E-state index in [-0.39, 0.29) is 23.3 Å². The number of rotatable bonds is 10. The first-order valence-electron chi connectivity index (χ1n) is 13.4. The van der Waals surface area contributed by atoms with Crippen molar-refractivity contribution in [2.75, 3.05) is 19.8 Å². The molecule has 0 bridgehead atoms. The van der Waals surface area contributed by atoms with Crippen LogP contribution < -0.4 is 16.4 Å². The molecule has 0 saturated heterocycles. The third-order valence-corrected chi connectivity index (χ3v) is 7.62. The maximum absolute atomic E-state index is 13.9. The fourth-order valence-corrected chi connectivity index (χ4v) is 5.19. The lowest BCUT2D eigenvalue weighted by atomic mass is 9.76. The van der Waals surface area contributed by atoms with Crippen molar-refractivity contribution in [1.82, 2.24) is 20.1 Å². The lowest BCUT2D eigenvalue weighted by molar-refractivity contribution is -0.141. The number of likely N-dealkylation sites (N-methyl/N-ethyl adjacent to an activating group) is 2. The van der Waals surface area contributed by atoms with Crippen LogP contribution in [0, 0.1) is 11.3 Å². The predicted molar refractivity (Wildman–Crippen MR) is 157 cm³/mol. The quantitative estimate of drug-likeness (QED) is 0.268. The molecule has 1 heterocycles. The number of fused-ring (bicyclic) bond motifs is 1. The van der Waals surface area contributed by atoms with Crippen LogP contribution in [-0.4, -0.2) is 64.6 Å². The Morgan fingerprint density at radius 3 is 2.18 bits per heavy atom. The van der Waals surface area contributed by atoms with E-state index in [1.165, 1.54) is 6.92 Å². The van der Waals surface area contributed by atoms with Gasteiger partial charge < -0.3 is 30.9 Å². The molecule has 216 valence electrons. The van der Waals surface area contributed by atoms with Gasteiger partial charge in [0.2, 0.25) is 11.8 Å². The van der Waals surface area contributed by atoms with Crippen LogP contribution in [0.1, 0.15) is 61.0 Å². The second kappa shape index (κ2) is 11.8. The molecular weight excluding hydrogens is 494 g/mol. The third-order valence-electron chi connectivity index (χ3n) is 7.62. The van der Waals surface area contributed by atoms with Gasteiger partial charge in [0.25, 0.3) is 0 Å². The molecule has 0 aliphatic heterocycles. The molecule has 5 N–H and O–H groups in total. The van der Waals surface area contributed by atoms with Crippen molar-refractivity contribution in [3.8, 4) is 0 Å². The van der Waals surface area contributed by atoms with Crippen LogP contribution in [-0.2, 0) is 26.8 Å². The number of aliphatic carboxylic acids is 1. The summed E-state index contributed by atoms with van der Waals surface area (Å²) in [5, 5.41) is 16.6. The zero-order valence-electron chi connectivity index (χ0n) is 25.3. The molecule has 9 nitrogen and oxygen atoms in total. The number of benzene rings is 1. The van der Waals surface area contributed by atoms with Crippen LogP contribution in [0.3, 0.4) is 0 Å². The Labute approximate surface area is 232 Å². The van der Waals surface area contributed by atoms with E-state index in [1.54, 1.807) is 25.1 Å². The van der Waals surface area contributed by atoms with Crippen LogP contribution in [0.15, 0.2) is 36.0 Å². The minimum Gasteiger partial charge on any atom is -0.478 e. The number of hydrogen-bond donors (Lipinski definition) is 4. The van der Waals surface area contributed by atoms with Crippen LogP contribution in [0.2, 0.25) is 0 Å². The smallest absolute Gasteiger partial charge is 0.331 e. The summed E-state index contributed by atoms with van der Waals surface area (Å²) in [6.07, 6.45) is 3.62. The fourth-order valence-electron chi connectivity index (χ4n) is 5.19. The van der Waals surface area contributed by atoms with Crippen molar-refractivity contribution in [3.63, 3.8) is 0 Å². The van der Waals surface area contributed by atoms with Gasteiger partial charge in [0, 0.05) is 42.4 Å². The van der Waals surface area contributed by atoms with Crippen molar-refractivity contribution in [2.45, 2.75) is 78.9 Å². The highest BCUT2D eigenvalue weighted by molar-refractivity contribution is 5.93. The van der Waals surface area contributed by atoms with Crippen LogP contribution in [0.5, 0.6) is 0 Å². The predicted octanol–water partition coefficient (Wildman–Crippen LogP) is 3.67. The van der Waals surface area contributed by atoms with Gasteiger partial charge in [0.1, 0.15) is 6.04 Å². The molecule has 2 rings (SSSR count). The van der Waals surface area contributed by atoms with E-state index in [0.717, 1.165) is 16.5 Å². The van der Waals surface area contributed by atoms with Gasteiger partial charge in [-0.3, -0.25) is 9.59 Å². The van der Waals surface area contributed by atoms with Gasteiger partial charge in [-0.05, 0) is 43.0 Å². The molecule has 2 aromatic rings. The van der Waals surface area contributed by atoms with E-state index in [0.29, 0.717) is 5.69 Å². The normalized spacial score (nSPS) is 15.2. The Morgan fingerprint density at radius 2 is 1.69 bits per heavy atom. The summed E-state index contributed by atoms with van der Waals surface area (Å²) in [7, 11) is 5.35. The SMILES string of the molecule is CN[C@@H](C(=O)N[C@H](C(=O)N(C)[C@H](/C=C(\C)C(=O)O)C(C)C)C(C)(C)C)C(C)(C)c1cn(C)c2cc(N)ccc12. The molecule has 0 unspecified atom stereocenters. The van der Waals surface area contributed by atoms with E-state index in [9.17, 15) is 19.5 Å². The van der Waals surface area contributed by atoms with Gasteiger partial charge in [-0.25, -0.2) is 4.79 Å². The largest absolute Gasteiger partial charge is 0.478 e. The number of carbonyl (C=O) groups is 3. The molecule has 2 amide bonds. The Hall–Kier alpha value is -3.33. The van der Waals surface area contributed by atoms with Crippen LogP contribution in [0.25, 0.3) is 10.9 Å². The molecule has 0 saturated carbocycles. The highest BCUT2D eigenvalue weighted by atomic mass is 16.4. The zero-order chi connectivity index (χ0) is 30.0. The number of anilines is 1. The number of aromatic nitrogens is 1. The highest BCUT2D eigenvalue weighted by Gasteiger charge is 2.42. The van der Waals surface area contributed by atoms with E-state index in [2.05, 4.69) is 10.6 Å². The van der Waals surface area contributed by atoms with E-state index in [4.69, 9.17) is 5.73 Å². The number of amides is 2. The molecule has 9 heteroatoms. The Balaban J connectivity index is 2.45. The van der Waals surface area contributed by atoms with Crippen molar-refractivity contribution >= 4 is 34.4 Å². The number of nitrogens with two attached hydrogens (primary N) is 1. The van der Waals surface area contributed by atoms with Gasteiger partial charge in [0.05, 0.1) is 17.6 Å². The number of nitrogen functional groups attached to an aromatic ring is 1. The highest BCUT2D eigenvalue weighted by Crippen LogP contribution is 2.35. The third kappa shape index (κ3) is 6.82. The molecule has 1 aromatic heterocycles. The minimum atomic E-state index is -1.03. The number of carboxylic acids is 1. The number of hydrogen-bond acceptors (Lipinski definition) is 5. The topological polar surface area (TPSA) is 130 Å². The summed E-state index contributed by atoms with van der Waals surface area (Å²) in [6.45, 7) is 15.1. The summed E-state index contributed by atoms with van der Waals surface area (Å²) < 4.78 is 2.00. The number of aryl methyl sites for hydroxylation is 1. The molecule has 1 aromatic carbocycles. The van der Waals surface area contributed by atoms with Gasteiger partial charge >= 0.3 is 5.97 Å². The summed E-state index contributed by atoms with van der Waals surface area (Å²) in [4.78, 5) is 40.8. The molecule has 0 aliphatic carbocycles. The first-order valence-corrected chi connectivity index (χ1v) is 13.4. The number of carbonyl (C=O) groups excluding carboxylic acids is 2. The second-order valence-corrected chi connectivity index (χ2v) is 12.5. The van der Waals surface area contributed by atoms with Gasteiger partial charge in [-0.2, -0.15) is 0 Å². The van der Waals surface area contributed by atoms with Gasteiger partial charge in [-0.15, -0.1) is 0 Å². The molecule has 0 radical (unpaired) electrons. The Bertz CT molecular complexity index is 1250. The lowest BCUT2D eigenvalue weighted by Gasteiger charge is -2.39. The first kappa shape index (κ1) is 31.9. The Kier molecular flexibility index (Phi) is 9.66. The second-order valence-electron chi connectivity index (χ2n) is 12.5. The van der Waals surface area contributed by atoms with E-state index >= 15 is 0 Å². The maximum atomic E-state index is 13.9. The van der Waals surface area contributed by atoms with E-state index in [1.807, 2.05) is 84.5 Å². The molecule has 0 aliphatic rings. The average molecular weight is 542 g/mol. The summed E-state index contributed by atoms with van der Waals surface area (Å²) in [6, 6.07) is 3.80. The zero-order valence-corrected chi connectivity index (χ0v) is 25.3. The Morgan fingerprint density at radius 1 is 1.10 bits per heavy atom. The summed E-state index contributed by atoms with van der Waals surface area (Å²) in [5.41, 5.74) is 7.56. The number of nitrogens with zero attached hydrogens (tertiary/aromatic N) is 2.